The third-order valence-corrected chi connectivity index (χ3v) is 5.31. The van der Waals surface area contributed by atoms with E-state index in [1.807, 2.05) is 0 Å². The molecule has 0 bridgehead atoms. The molecule has 1 aromatic heterocycles. The van der Waals surface area contributed by atoms with Crippen molar-refractivity contribution in [3.8, 4) is 5.75 Å². The summed E-state index contributed by atoms with van der Waals surface area (Å²) in [5, 5.41) is 11.1. The van der Waals surface area contributed by atoms with Crippen molar-refractivity contribution in [3.63, 3.8) is 0 Å². The molecule has 3 aromatic rings. The summed E-state index contributed by atoms with van der Waals surface area (Å²) in [5.41, 5.74) is 0.218. The first-order valence-electron chi connectivity index (χ1n) is 9.70. The number of Topliss-reactive ketones (excluding diaryl/α,β-unsaturated/α-hetero) is 1. The van der Waals surface area contributed by atoms with Gasteiger partial charge in [0.25, 0.3) is 11.7 Å². The molecule has 1 saturated heterocycles. The molecule has 164 valence electrons. The number of methoxy groups -OCH3 is 1. The molecule has 2 heterocycles. The maximum Gasteiger partial charge on any atom is 0.300 e. The van der Waals surface area contributed by atoms with Crippen molar-refractivity contribution in [1.82, 2.24) is 0 Å². The van der Waals surface area contributed by atoms with Gasteiger partial charge in [-0.2, -0.15) is 0 Å². The van der Waals surface area contributed by atoms with E-state index >= 15 is 0 Å². The fraction of sp³-hybridized carbons (Fsp3) is 0.167. The topological polar surface area (TPSA) is 80.0 Å². The van der Waals surface area contributed by atoms with E-state index in [0.29, 0.717) is 17.1 Å². The quantitative estimate of drug-likeness (QED) is 0.359. The molecule has 0 saturated carbocycles. The highest BCUT2D eigenvalue weighted by molar-refractivity contribution is 6.51. The number of hydrogen-bond acceptors (Lipinski definition) is 5. The summed E-state index contributed by atoms with van der Waals surface area (Å²) in [4.78, 5) is 26.8. The van der Waals surface area contributed by atoms with Gasteiger partial charge < -0.3 is 14.3 Å². The minimum Gasteiger partial charge on any atom is -0.507 e. The van der Waals surface area contributed by atoms with Crippen molar-refractivity contribution < 1.29 is 32.6 Å². The van der Waals surface area contributed by atoms with Crippen LogP contribution in [-0.4, -0.2) is 23.9 Å². The largest absolute Gasteiger partial charge is 0.507 e. The van der Waals surface area contributed by atoms with Gasteiger partial charge in [0.05, 0.1) is 18.4 Å². The predicted octanol–water partition coefficient (Wildman–Crippen LogP) is 4.81. The van der Waals surface area contributed by atoms with Crippen LogP contribution in [0, 0.1) is 25.5 Å². The first-order valence-corrected chi connectivity index (χ1v) is 9.70. The minimum absolute atomic E-state index is 0.122. The monoisotopic (exact) mass is 439 g/mol. The fourth-order valence-corrected chi connectivity index (χ4v) is 3.80. The smallest absolute Gasteiger partial charge is 0.300 e. The number of ether oxygens (including phenoxy) is 1. The maximum atomic E-state index is 14.6. The minimum atomic E-state index is -1.29. The Morgan fingerprint density at radius 3 is 2.44 bits per heavy atom. The van der Waals surface area contributed by atoms with Crippen molar-refractivity contribution in [2.75, 3.05) is 12.0 Å². The van der Waals surface area contributed by atoms with Crippen molar-refractivity contribution in [2.45, 2.75) is 19.9 Å². The Bertz CT molecular complexity index is 1280. The molecule has 1 atom stereocenters. The van der Waals surface area contributed by atoms with Crippen LogP contribution >= 0.6 is 0 Å². The molecule has 2 aromatic carbocycles. The molecule has 1 fully saturated rings. The summed E-state index contributed by atoms with van der Waals surface area (Å²) in [7, 11) is 1.50. The van der Waals surface area contributed by atoms with Crippen LogP contribution in [0.5, 0.6) is 5.75 Å². The van der Waals surface area contributed by atoms with Crippen molar-refractivity contribution in [2.24, 2.45) is 0 Å². The van der Waals surface area contributed by atoms with E-state index < -0.39 is 40.8 Å². The van der Waals surface area contributed by atoms with Gasteiger partial charge >= 0.3 is 0 Å². The number of ketones is 1. The lowest BCUT2D eigenvalue weighted by Gasteiger charge is -2.24. The first kappa shape index (κ1) is 21.3. The Balaban J connectivity index is 1.96. The summed E-state index contributed by atoms with van der Waals surface area (Å²) in [6, 6.07) is 9.15. The normalized spacial score (nSPS) is 17.8. The highest BCUT2D eigenvalue weighted by Gasteiger charge is 2.49. The summed E-state index contributed by atoms with van der Waals surface area (Å²) >= 11 is 0. The number of benzene rings is 2. The van der Waals surface area contributed by atoms with Crippen LogP contribution in [0.1, 0.15) is 28.7 Å². The molecule has 6 nitrogen and oxygen atoms in total. The highest BCUT2D eigenvalue weighted by atomic mass is 19.1. The zero-order valence-corrected chi connectivity index (χ0v) is 17.5. The van der Waals surface area contributed by atoms with Crippen LogP contribution in [0.4, 0.5) is 14.5 Å². The summed E-state index contributed by atoms with van der Waals surface area (Å²) in [6.45, 7) is 3.41. The SMILES string of the molecule is COc1ccc(/C(O)=C2/C(=O)C(=O)N(c3cc(F)ccc3F)C2c2ccc(C)o2)cc1C. The Kier molecular flexibility index (Phi) is 5.30. The van der Waals surface area contributed by atoms with E-state index in [9.17, 15) is 23.5 Å². The standard InChI is InChI=1S/C24H19F2NO5/c1-12-10-14(5-9-18(12)31-3)22(28)20-21(19-8-4-13(2)32-19)27(24(30)23(20)29)17-11-15(25)6-7-16(17)26/h4-11,21,28H,1-3H3/b22-20-. The lowest BCUT2D eigenvalue weighted by atomic mass is 9.98. The van der Waals surface area contributed by atoms with Crippen LogP contribution in [0.2, 0.25) is 0 Å². The Morgan fingerprint density at radius 1 is 1.06 bits per heavy atom. The van der Waals surface area contributed by atoms with Gasteiger partial charge in [-0.25, -0.2) is 8.78 Å². The predicted molar refractivity (Wildman–Crippen MR) is 112 cm³/mol. The van der Waals surface area contributed by atoms with Crippen molar-refractivity contribution in [3.05, 3.63) is 88.4 Å². The number of halogens is 2. The number of anilines is 1. The Labute approximate surface area is 182 Å². The molecule has 1 aliphatic rings. The van der Waals surface area contributed by atoms with Gasteiger partial charge in [-0.3, -0.25) is 14.5 Å². The van der Waals surface area contributed by atoms with Gasteiger partial charge in [0.1, 0.15) is 40.7 Å². The van der Waals surface area contributed by atoms with E-state index in [-0.39, 0.29) is 16.9 Å². The van der Waals surface area contributed by atoms with E-state index in [2.05, 4.69) is 0 Å². The fourth-order valence-electron chi connectivity index (χ4n) is 3.80. The molecule has 32 heavy (non-hydrogen) atoms. The number of aliphatic hydroxyl groups excluding tert-OH is 1. The number of furan rings is 1. The van der Waals surface area contributed by atoms with E-state index in [4.69, 9.17) is 9.15 Å². The van der Waals surface area contributed by atoms with E-state index in [1.54, 1.807) is 32.0 Å². The van der Waals surface area contributed by atoms with Gasteiger partial charge in [0.15, 0.2) is 0 Å². The average molecular weight is 439 g/mol. The zero-order chi connectivity index (χ0) is 23.2. The molecule has 4 rings (SSSR count). The third-order valence-electron chi connectivity index (χ3n) is 5.31. The molecular formula is C24H19F2NO5. The summed E-state index contributed by atoms with van der Waals surface area (Å²) in [5.74, 6) is -3.14. The van der Waals surface area contributed by atoms with Crippen LogP contribution in [0.3, 0.4) is 0 Å². The molecule has 1 amide bonds. The van der Waals surface area contributed by atoms with Crippen LogP contribution in [-0.2, 0) is 9.59 Å². The zero-order valence-electron chi connectivity index (χ0n) is 17.5. The van der Waals surface area contributed by atoms with Gasteiger partial charge in [-0.15, -0.1) is 0 Å². The Hall–Kier alpha value is -3.94. The number of rotatable bonds is 4. The van der Waals surface area contributed by atoms with Crippen LogP contribution in [0.25, 0.3) is 5.76 Å². The maximum absolute atomic E-state index is 14.6. The average Bonchev–Trinajstić information content (AvgIpc) is 3.30. The molecule has 1 aliphatic heterocycles. The van der Waals surface area contributed by atoms with Gasteiger partial charge in [0, 0.05) is 11.6 Å². The van der Waals surface area contributed by atoms with Crippen molar-refractivity contribution >= 4 is 23.1 Å². The first-order chi connectivity index (χ1) is 15.2. The lowest BCUT2D eigenvalue weighted by Crippen LogP contribution is -2.30. The number of amides is 1. The summed E-state index contributed by atoms with van der Waals surface area (Å²) in [6.07, 6.45) is 0. The molecule has 0 radical (unpaired) electrons. The second kappa shape index (κ2) is 7.96. The second-order valence-electron chi connectivity index (χ2n) is 7.40. The van der Waals surface area contributed by atoms with Crippen molar-refractivity contribution in [1.29, 1.82) is 0 Å². The molecule has 1 unspecified atom stereocenters. The number of aryl methyl sites for hydroxylation is 2. The summed E-state index contributed by atoms with van der Waals surface area (Å²) < 4.78 is 39.4. The molecule has 0 aliphatic carbocycles. The van der Waals surface area contributed by atoms with Gasteiger partial charge in [-0.05, 0) is 61.9 Å². The molecular weight excluding hydrogens is 420 g/mol. The Morgan fingerprint density at radius 2 is 1.81 bits per heavy atom. The number of hydrogen-bond donors (Lipinski definition) is 1. The molecule has 0 spiro atoms. The number of carbonyl (C=O) groups is 2. The van der Waals surface area contributed by atoms with Crippen LogP contribution in [0.15, 0.2) is 58.5 Å². The third kappa shape index (κ3) is 3.43. The second-order valence-corrected chi connectivity index (χ2v) is 7.40. The number of nitrogens with zero attached hydrogens (tertiary/aromatic N) is 1. The molecule has 1 N–H and O–H groups in total. The number of carbonyl (C=O) groups excluding carboxylic acids is 2. The highest BCUT2D eigenvalue weighted by Crippen LogP contribution is 2.43. The van der Waals surface area contributed by atoms with Gasteiger partial charge in [-0.1, -0.05) is 0 Å². The lowest BCUT2D eigenvalue weighted by molar-refractivity contribution is -0.132. The van der Waals surface area contributed by atoms with Crippen LogP contribution < -0.4 is 9.64 Å². The molecule has 8 heteroatoms. The van der Waals surface area contributed by atoms with E-state index in [1.165, 1.54) is 19.2 Å². The van der Waals surface area contributed by atoms with E-state index in [0.717, 1.165) is 23.1 Å². The van der Waals surface area contributed by atoms with Gasteiger partial charge in [0.2, 0.25) is 0 Å². The number of aliphatic hydroxyl groups is 1.